The first kappa shape index (κ1) is 16.5. The summed E-state index contributed by atoms with van der Waals surface area (Å²) in [5.41, 5.74) is 6.53. The predicted octanol–water partition coefficient (Wildman–Crippen LogP) is 3.07. The predicted molar refractivity (Wildman–Crippen MR) is 76.3 cm³/mol. The van der Waals surface area contributed by atoms with Crippen molar-refractivity contribution in [2.75, 3.05) is 5.73 Å². The third-order valence-electron chi connectivity index (χ3n) is 2.33. The lowest BCUT2D eigenvalue weighted by atomic mass is 10.1. The molecule has 1 aromatic carbocycles. The van der Waals surface area contributed by atoms with E-state index in [1.54, 1.807) is 0 Å². The zero-order valence-corrected chi connectivity index (χ0v) is 11.9. The topological polar surface area (TPSA) is 126 Å². The number of rotatable bonds is 2. The van der Waals surface area contributed by atoms with E-state index in [0.29, 0.717) is 15.7 Å². The van der Waals surface area contributed by atoms with Gasteiger partial charge in [0.25, 0.3) is 0 Å². The minimum Gasteiger partial charge on any atom is -0.478 e. The first-order valence-electron chi connectivity index (χ1n) is 5.32. The molecule has 0 spiro atoms. The van der Waals surface area contributed by atoms with Gasteiger partial charge in [-0.05, 0) is 46.3 Å². The Bertz CT molecular complexity index is 664. The number of benzene rings is 1. The van der Waals surface area contributed by atoms with Crippen molar-refractivity contribution >= 4 is 27.7 Å². The first-order chi connectivity index (χ1) is 9.90. The molecule has 4 N–H and O–H groups in total. The Morgan fingerprint density at radius 2 is 1.86 bits per heavy atom. The standard InChI is InChI=1S/C12H8BrFN2O2.HNO2/c13-10-8(12(17)18)5-9(15)16-11(10)6-1-3-7(14)4-2-6;2-1-3/h1-5H,(H2,15,16)(H,17,18);(H,2,3). The maximum atomic E-state index is 12.8. The van der Waals surface area contributed by atoms with Gasteiger partial charge in [0.15, 0.2) is 5.34 Å². The fourth-order valence-corrected chi connectivity index (χ4v) is 2.11. The maximum absolute atomic E-state index is 12.8. The molecule has 0 bridgehead atoms. The molecule has 21 heavy (non-hydrogen) atoms. The average molecular weight is 358 g/mol. The molecule has 2 aromatic rings. The van der Waals surface area contributed by atoms with Crippen molar-refractivity contribution in [3.63, 3.8) is 0 Å². The van der Waals surface area contributed by atoms with E-state index in [1.807, 2.05) is 0 Å². The van der Waals surface area contributed by atoms with Gasteiger partial charge in [-0.25, -0.2) is 14.2 Å². The van der Waals surface area contributed by atoms with Crippen molar-refractivity contribution < 1.29 is 19.5 Å². The van der Waals surface area contributed by atoms with Gasteiger partial charge in [0.05, 0.1) is 15.7 Å². The molecule has 0 unspecified atom stereocenters. The lowest BCUT2D eigenvalue weighted by molar-refractivity contribution is 0.0696. The lowest BCUT2D eigenvalue weighted by Gasteiger charge is -2.08. The number of nitrogens with zero attached hydrogens (tertiary/aromatic N) is 2. The summed E-state index contributed by atoms with van der Waals surface area (Å²) in [6.07, 6.45) is 0. The zero-order chi connectivity index (χ0) is 16.0. The Morgan fingerprint density at radius 1 is 1.33 bits per heavy atom. The van der Waals surface area contributed by atoms with Gasteiger partial charge in [0.1, 0.15) is 11.6 Å². The van der Waals surface area contributed by atoms with Crippen molar-refractivity contribution in [1.29, 1.82) is 0 Å². The molecule has 0 saturated heterocycles. The quantitative estimate of drug-likeness (QED) is 0.559. The number of aromatic nitrogens is 1. The molecule has 110 valence electrons. The van der Waals surface area contributed by atoms with E-state index in [9.17, 15) is 9.18 Å². The minimum absolute atomic E-state index is 0.0156. The van der Waals surface area contributed by atoms with Gasteiger partial charge in [-0.3, -0.25) is 0 Å². The molecule has 1 aromatic heterocycles. The number of carboxylic acid groups (broad SMARTS) is 1. The van der Waals surface area contributed by atoms with Crippen LogP contribution < -0.4 is 5.73 Å². The molecule has 7 nitrogen and oxygen atoms in total. The summed E-state index contributed by atoms with van der Waals surface area (Å²) in [5.74, 6) is -1.40. The summed E-state index contributed by atoms with van der Waals surface area (Å²) in [6, 6.07) is 6.82. The number of hydrogen-bond donors (Lipinski definition) is 3. The van der Waals surface area contributed by atoms with E-state index in [1.165, 1.54) is 35.7 Å². The van der Waals surface area contributed by atoms with Gasteiger partial charge in [0, 0.05) is 5.56 Å². The second kappa shape index (κ2) is 7.29. The highest BCUT2D eigenvalue weighted by Gasteiger charge is 2.16. The third kappa shape index (κ3) is 4.21. The molecule has 2 rings (SSSR count). The van der Waals surface area contributed by atoms with Crippen LogP contribution in [0.3, 0.4) is 0 Å². The average Bonchev–Trinajstić information content (AvgIpc) is 2.42. The normalized spacial score (nSPS) is 9.43. The highest BCUT2D eigenvalue weighted by atomic mass is 79.9. The summed E-state index contributed by atoms with van der Waals surface area (Å²) in [5, 5.41) is 16.9. The second-order valence-electron chi connectivity index (χ2n) is 3.65. The summed E-state index contributed by atoms with van der Waals surface area (Å²) >= 11 is 3.18. The molecule has 0 aliphatic heterocycles. The molecule has 1 heterocycles. The van der Waals surface area contributed by atoms with E-state index in [2.05, 4.69) is 20.9 Å². The van der Waals surface area contributed by atoms with Gasteiger partial charge < -0.3 is 16.0 Å². The number of anilines is 1. The first-order valence-corrected chi connectivity index (χ1v) is 6.12. The SMILES string of the molecule is Nc1cc(C(=O)O)c(Br)c(-c2ccc(F)cc2)n1.O=NO. The third-order valence-corrected chi connectivity index (χ3v) is 3.13. The maximum Gasteiger partial charge on any atom is 0.337 e. The molecular weight excluding hydrogens is 349 g/mol. The highest BCUT2D eigenvalue weighted by Crippen LogP contribution is 2.30. The Hall–Kier alpha value is -2.55. The molecule has 0 saturated carbocycles. The van der Waals surface area contributed by atoms with E-state index < -0.39 is 5.97 Å². The van der Waals surface area contributed by atoms with Crippen molar-refractivity contribution in [3.05, 3.63) is 51.1 Å². The lowest BCUT2D eigenvalue weighted by Crippen LogP contribution is -2.03. The van der Waals surface area contributed by atoms with Gasteiger partial charge in [0.2, 0.25) is 0 Å². The Balaban J connectivity index is 0.000000677. The van der Waals surface area contributed by atoms with Crippen molar-refractivity contribution in [1.82, 2.24) is 4.98 Å². The Morgan fingerprint density at radius 3 is 2.33 bits per heavy atom. The number of halogens is 2. The van der Waals surface area contributed by atoms with E-state index in [-0.39, 0.29) is 17.2 Å². The zero-order valence-electron chi connectivity index (χ0n) is 10.3. The largest absolute Gasteiger partial charge is 0.478 e. The van der Waals surface area contributed by atoms with Crippen molar-refractivity contribution in [2.45, 2.75) is 0 Å². The fraction of sp³-hybridized carbons (Fsp3) is 0. The molecule has 0 amide bonds. The minimum atomic E-state index is -1.11. The fourth-order valence-electron chi connectivity index (χ4n) is 1.50. The molecule has 0 radical (unpaired) electrons. The van der Waals surface area contributed by atoms with E-state index >= 15 is 0 Å². The van der Waals surface area contributed by atoms with Crippen LogP contribution in [-0.4, -0.2) is 21.3 Å². The Kier molecular flexibility index (Phi) is 5.73. The molecular formula is C12H9BrFN3O4. The molecule has 9 heteroatoms. The van der Waals surface area contributed by atoms with E-state index in [0.717, 1.165) is 0 Å². The van der Waals surface area contributed by atoms with Crippen molar-refractivity contribution in [3.8, 4) is 11.3 Å². The smallest absolute Gasteiger partial charge is 0.337 e. The summed E-state index contributed by atoms with van der Waals surface area (Å²) in [7, 11) is 0. The molecule has 0 atom stereocenters. The van der Waals surface area contributed by atoms with Gasteiger partial charge in [-0.1, -0.05) is 0 Å². The Labute approximate surface area is 126 Å². The number of carbonyl (C=O) groups is 1. The van der Waals surface area contributed by atoms with Gasteiger partial charge >= 0.3 is 5.97 Å². The van der Waals surface area contributed by atoms with Crippen LogP contribution in [0.2, 0.25) is 0 Å². The number of nitrogens with two attached hydrogens (primary N) is 1. The highest BCUT2D eigenvalue weighted by molar-refractivity contribution is 9.10. The van der Waals surface area contributed by atoms with Crippen LogP contribution in [0, 0.1) is 10.7 Å². The molecule has 0 aliphatic rings. The summed E-state index contributed by atoms with van der Waals surface area (Å²) in [6.45, 7) is 0. The van der Waals surface area contributed by atoms with Gasteiger partial charge in [-0.15, -0.1) is 4.91 Å². The van der Waals surface area contributed by atoms with Crippen LogP contribution in [0.25, 0.3) is 11.3 Å². The monoisotopic (exact) mass is 357 g/mol. The number of carboxylic acids is 1. The van der Waals surface area contributed by atoms with Crippen LogP contribution >= 0.6 is 15.9 Å². The number of aromatic carboxylic acids is 1. The van der Waals surface area contributed by atoms with Crippen LogP contribution in [-0.2, 0) is 0 Å². The summed E-state index contributed by atoms with van der Waals surface area (Å²) < 4.78 is 13.2. The second-order valence-corrected chi connectivity index (χ2v) is 4.44. The molecule has 0 aliphatic carbocycles. The van der Waals surface area contributed by atoms with E-state index in [4.69, 9.17) is 21.0 Å². The number of nitrogen functional groups attached to an aromatic ring is 1. The van der Waals surface area contributed by atoms with Crippen LogP contribution in [0.1, 0.15) is 10.4 Å². The van der Waals surface area contributed by atoms with Crippen LogP contribution in [0.15, 0.2) is 40.1 Å². The number of pyridine rings is 1. The van der Waals surface area contributed by atoms with Crippen LogP contribution in [0.5, 0.6) is 0 Å². The summed E-state index contributed by atoms with van der Waals surface area (Å²) in [4.78, 5) is 23.2. The van der Waals surface area contributed by atoms with Crippen LogP contribution in [0.4, 0.5) is 10.2 Å². The van der Waals surface area contributed by atoms with Crippen molar-refractivity contribution in [2.24, 2.45) is 5.34 Å². The number of hydrogen-bond acceptors (Lipinski definition) is 5. The molecule has 0 fully saturated rings. The van der Waals surface area contributed by atoms with Gasteiger partial charge in [-0.2, -0.15) is 0 Å².